The highest BCUT2D eigenvalue weighted by Gasteiger charge is 2.43. The summed E-state index contributed by atoms with van der Waals surface area (Å²) in [6.45, 7) is 4.57. The van der Waals surface area contributed by atoms with Crippen molar-refractivity contribution in [3.8, 4) is 11.8 Å². The summed E-state index contributed by atoms with van der Waals surface area (Å²) < 4.78 is 5.79. The molecule has 0 aliphatic heterocycles. The van der Waals surface area contributed by atoms with Crippen molar-refractivity contribution < 1.29 is 4.74 Å². The Hall–Kier alpha value is -1.24. The molecule has 1 aliphatic rings. The molecule has 0 saturated heterocycles. The van der Waals surface area contributed by atoms with Crippen molar-refractivity contribution in [1.29, 1.82) is 5.26 Å². The summed E-state index contributed by atoms with van der Waals surface area (Å²) in [5, 5.41) is 12.8. The van der Waals surface area contributed by atoms with E-state index in [0.717, 1.165) is 43.7 Å². The quantitative estimate of drug-likeness (QED) is 0.739. The van der Waals surface area contributed by atoms with E-state index >= 15 is 0 Å². The van der Waals surface area contributed by atoms with Crippen molar-refractivity contribution in [2.45, 2.75) is 39.2 Å². The van der Waals surface area contributed by atoms with Gasteiger partial charge in [-0.05, 0) is 43.5 Å². The Balaban J connectivity index is 1.88. The van der Waals surface area contributed by atoms with Crippen LogP contribution in [0, 0.1) is 16.7 Å². The molecule has 3 nitrogen and oxygen atoms in total. The molecule has 0 radical (unpaired) electrons. The van der Waals surface area contributed by atoms with Gasteiger partial charge in [0.05, 0.1) is 17.7 Å². The molecular weight excluding hydrogens is 272 g/mol. The van der Waals surface area contributed by atoms with E-state index in [1.807, 2.05) is 18.2 Å². The van der Waals surface area contributed by atoms with Crippen molar-refractivity contribution >= 4 is 11.6 Å². The lowest BCUT2D eigenvalue weighted by molar-refractivity contribution is 0.237. The minimum Gasteiger partial charge on any atom is -0.491 e. The topological polar surface area (TPSA) is 45.0 Å². The first kappa shape index (κ1) is 15.2. The number of rotatable bonds is 8. The van der Waals surface area contributed by atoms with E-state index in [1.165, 1.54) is 0 Å². The first-order chi connectivity index (χ1) is 9.69. The number of halogens is 1. The number of hydrogen-bond acceptors (Lipinski definition) is 3. The third-order valence-corrected chi connectivity index (χ3v) is 3.99. The largest absolute Gasteiger partial charge is 0.491 e. The standard InChI is InChI=1S/C16H21ClN2O/c1-2-9-19-11-13-3-4-15(14(17)10-13)20-12-16(5-6-16)7-8-18/h3-4,10,19H,2,5-7,9,11-12H2,1H3. The summed E-state index contributed by atoms with van der Waals surface area (Å²) in [6, 6.07) is 8.15. The fourth-order valence-corrected chi connectivity index (χ4v) is 2.39. The minimum absolute atomic E-state index is 0.0828. The van der Waals surface area contributed by atoms with E-state index in [1.54, 1.807) is 0 Å². The summed E-state index contributed by atoms with van der Waals surface area (Å²) in [5.74, 6) is 0.718. The van der Waals surface area contributed by atoms with E-state index in [2.05, 4.69) is 18.3 Å². The summed E-state index contributed by atoms with van der Waals surface area (Å²) in [4.78, 5) is 0. The molecule has 0 unspecified atom stereocenters. The number of nitriles is 1. The second kappa shape index (κ2) is 6.97. The molecule has 0 bridgehead atoms. The molecule has 1 N–H and O–H groups in total. The number of hydrogen-bond donors (Lipinski definition) is 1. The summed E-state index contributed by atoms with van der Waals surface area (Å²) >= 11 is 6.25. The molecule has 1 aromatic rings. The molecule has 4 heteroatoms. The van der Waals surface area contributed by atoms with Crippen molar-refractivity contribution in [2.24, 2.45) is 5.41 Å². The highest BCUT2D eigenvalue weighted by molar-refractivity contribution is 6.32. The van der Waals surface area contributed by atoms with Crippen LogP contribution in [0.25, 0.3) is 0 Å². The maximum Gasteiger partial charge on any atom is 0.137 e. The lowest BCUT2D eigenvalue weighted by Gasteiger charge is -2.14. The van der Waals surface area contributed by atoms with Gasteiger partial charge in [-0.1, -0.05) is 24.6 Å². The van der Waals surface area contributed by atoms with Crippen LogP contribution in [0.5, 0.6) is 5.75 Å². The molecule has 1 fully saturated rings. The van der Waals surface area contributed by atoms with Crippen LogP contribution < -0.4 is 10.1 Å². The van der Waals surface area contributed by atoms with Gasteiger partial charge in [0.2, 0.25) is 0 Å². The van der Waals surface area contributed by atoms with Gasteiger partial charge in [0, 0.05) is 18.4 Å². The van der Waals surface area contributed by atoms with Crippen molar-refractivity contribution in [1.82, 2.24) is 5.32 Å². The third kappa shape index (κ3) is 4.13. The van der Waals surface area contributed by atoms with Crippen molar-refractivity contribution in [3.05, 3.63) is 28.8 Å². The average Bonchev–Trinajstić information content (AvgIpc) is 3.19. The molecular formula is C16H21ClN2O. The van der Waals surface area contributed by atoms with Crippen LogP contribution in [0.4, 0.5) is 0 Å². The second-order valence-corrected chi connectivity index (χ2v) is 5.97. The SMILES string of the molecule is CCCNCc1ccc(OCC2(CC#N)CC2)c(Cl)c1. The molecule has 0 aromatic heterocycles. The normalized spacial score (nSPS) is 15.7. The lowest BCUT2D eigenvalue weighted by Crippen LogP contribution is -2.14. The van der Waals surface area contributed by atoms with Gasteiger partial charge in [-0.15, -0.1) is 0 Å². The van der Waals surface area contributed by atoms with Gasteiger partial charge in [-0.2, -0.15) is 5.26 Å². The van der Waals surface area contributed by atoms with Crippen LogP contribution in [0.3, 0.4) is 0 Å². The molecule has 2 rings (SSSR count). The van der Waals surface area contributed by atoms with Crippen LogP contribution in [-0.4, -0.2) is 13.2 Å². The molecule has 1 aliphatic carbocycles. The molecule has 1 saturated carbocycles. The van der Waals surface area contributed by atoms with Crippen LogP contribution in [0.15, 0.2) is 18.2 Å². The Morgan fingerprint density at radius 1 is 1.45 bits per heavy atom. The molecule has 0 heterocycles. The number of nitrogens with one attached hydrogen (secondary N) is 1. The van der Waals surface area contributed by atoms with Gasteiger partial charge in [-0.3, -0.25) is 0 Å². The predicted molar refractivity (Wildman–Crippen MR) is 80.8 cm³/mol. The predicted octanol–water partition coefficient (Wildman–Crippen LogP) is 3.91. The van der Waals surface area contributed by atoms with Crippen LogP contribution in [-0.2, 0) is 6.54 Å². The number of benzene rings is 1. The summed E-state index contributed by atoms with van der Waals surface area (Å²) in [5.41, 5.74) is 1.24. The van der Waals surface area contributed by atoms with Crippen molar-refractivity contribution in [3.63, 3.8) is 0 Å². The molecule has 0 atom stereocenters. The zero-order valence-corrected chi connectivity index (χ0v) is 12.7. The highest BCUT2D eigenvalue weighted by atomic mass is 35.5. The zero-order valence-electron chi connectivity index (χ0n) is 11.9. The van der Waals surface area contributed by atoms with E-state index in [-0.39, 0.29) is 5.41 Å². The summed E-state index contributed by atoms with van der Waals surface area (Å²) in [7, 11) is 0. The molecule has 1 aromatic carbocycles. The van der Waals surface area contributed by atoms with Gasteiger partial charge < -0.3 is 10.1 Å². The fourth-order valence-electron chi connectivity index (χ4n) is 2.13. The number of nitrogens with zero attached hydrogens (tertiary/aromatic N) is 1. The molecule has 0 amide bonds. The minimum atomic E-state index is 0.0828. The maximum atomic E-state index is 8.79. The Kier molecular flexibility index (Phi) is 5.28. The van der Waals surface area contributed by atoms with Gasteiger partial charge in [0.25, 0.3) is 0 Å². The average molecular weight is 293 g/mol. The first-order valence-electron chi connectivity index (χ1n) is 7.18. The Morgan fingerprint density at radius 3 is 2.85 bits per heavy atom. The monoisotopic (exact) mass is 292 g/mol. The Morgan fingerprint density at radius 2 is 2.25 bits per heavy atom. The maximum absolute atomic E-state index is 8.79. The summed E-state index contributed by atoms with van der Waals surface area (Å²) in [6.07, 6.45) is 3.86. The Labute approximate surface area is 125 Å². The van der Waals surface area contributed by atoms with Gasteiger partial charge in [0.15, 0.2) is 0 Å². The van der Waals surface area contributed by atoms with Crippen LogP contribution in [0.2, 0.25) is 5.02 Å². The van der Waals surface area contributed by atoms with Gasteiger partial charge in [-0.25, -0.2) is 0 Å². The number of ether oxygens (including phenoxy) is 1. The van der Waals surface area contributed by atoms with E-state index in [4.69, 9.17) is 21.6 Å². The Bertz CT molecular complexity index is 492. The fraction of sp³-hybridized carbons (Fsp3) is 0.562. The first-order valence-corrected chi connectivity index (χ1v) is 7.56. The van der Waals surface area contributed by atoms with Crippen LogP contribution >= 0.6 is 11.6 Å². The highest BCUT2D eigenvalue weighted by Crippen LogP contribution is 2.49. The second-order valence-electron chi connectivity index (χ2n) is 5.57. The zero-order chi connectivity index (χ0) is 14.4. The molecule has 20 heavy (non-hydrogen) atoms. The van der Waals surface area contributed by atoms with Crippen molar-refractivity contribution in [2.75, 3.05) is 13.2 Å². The van der Waals surface area contributed by atoms with Crippen LogP contribution in [0.1, 0.15) is 38.2 Å². The smallest absolute Gasteiger partial charge is 0.137 e. The molecule has 108 valence electrons. The lowest BCUT2D eigenvalue weighted by atomic mass is 10.1. The third-order valence-electron chi connectivity index (χ3n) is 3.70. The molecule has 0 spiro atoms. The van der Waals surface area contributed by atoms with Gasteiger partial charge in [0.1, 0.15) is 5.75 Å². The van der Waals surface area contributed by atoms with Gasteiger partial charge >= 0.3 is 0 Å². The van der Waals surface area contributed by atoms with E-state index in [9.17, 15) is 0 Å². The van der Waals surface area contributed by atoms with E-state index < -0.39 is 0 Å². The van der Waals surface area contributed by atoms with E-state index in [0.29, 0.717) is 18.1 Å².